The molecule has 0 amide bonds. The minimum absolute atomic E-state index is 0.722. The average Bonchev–Trinajstić information content (AvgIpc) is 3.34. The van der Waals surface area contributed by atoms with Crippen LogP contribution in [0.4, 0.5) is 0 Å². The molecule has 0 saturated heterocycles. The molecule has 0 bridgehead atoms. The van der Waals surface area contributed by atoms with Crippen molar-refractivity contribution in [2.45, 2.75) is 20.0 Å². The van der Waals surface area contributed by atoms with Gasteiger partial charge in [0, 0.05) is 12.7 Å². The van der Waals surface area contributed by atoms with Crippen molar-refractivity contribution >= 4 is 21.9 Å². The van der Waals surface area contributed by atoms with Crippen LogP contribution < -0.4 is 0 Å². The first-order valence-corrected chi connectivity index (χ1v) is 9.88. The summed E-state index contributed by atoms with van der Waals surface area (Å²) >= 11 is 1.57. The monoisotopic (exact) mass is 389 g/mol. The second-order valence-corrected chi connectivity index (χ2v) is 7.89. The maximum atomic E-state index is 4.79. The number of hydrogen-bond acceptors (Lipinski definition) is 6. The molecule has 0 atom stereocenters. The number of fused-ring (bicyclic) bond motifs is 2. The van der Waals surface area contributed by atoms with E-state index in [9.17, 15) is 0 Å². The molecule has 4 aromatic heterocycles. The molecular formula is C20H19N7S. The van der Waals surface area contributed by atoms with Gasteiger partial charge in [0.15, 0.2) is 0 Å². The molecule has 0 spiro atoms. The number of nitrogens with zero attached hydrogens (tertiary/aromatic N) is 7. The third kappa shape index (κ3) is 2.96. The first kappa shape index (κ1) is 17.0. The molecule has 0 aliphatic heterocycles. The fourth-order valence-electron chi connectivity index (χ4n) is 3.43. The third-order valence-corrected chi connectivity index (χ3v) is 5.53. The summed E-state index contributed by atoms with van der Waals surface area (Å²) in [5.74, 6) is 0.722. The molecule has 5 aromatic rings. The van der Waals surface area contributed by atoms with Crippen molar-refractivity contribution in [2.75, 3.05) is 7.05 Å². The lowest BCUT2D eigenvalue weighted by molar-refractivity contribution is 0.317. The van der Waals surface area contributed by atoms with E-state index < -0.39 is 0 Å². The molecule has 8 heteroatoms. The molecule has 0 saturated carbocycles. The van der Waals surface area contributed by atoms with Crippen LogP contribution in [0.2, 0.25) is 0 Å². The Morgan fingerprint density at radius 2 is 1.82 bits per heavy atom. The number of aryl methyl sites for hydroxylation is 1. The number of hydrogen-bond donors (Lipinski definition) is 0. The van der Waals surface area contributed by atoms with Gasteiger partial charge in [-0.25, -0.2) is 4.98 Å². The molecule has 7 nitrogen and oxygen atoms in total. The van der Waals surface area contributed by atoms with Gasteiger partial charge in [-0.2, -0.15) is 9.61 Å². The fraction of sp³-hybridized carbons (Fsp3) is 0.200. The Morgan fingerprint density at radius 1 is 1.00 bits per heavy atom. The van der Waals surface area contributed by atoms with Crippen LogP contribution in [0.5, 0.6) is 0 Å². The highest BCUT2D eigenvalue weighted by Gasteiger charge is 2.19. The predicted molar refractivity (Wildman–Crippen MR) is 109 cm³/mol. The van der Waals surface area contributed by atoms with Crippen LogP contribution in [0.25, 0.3) is 22.1 Å². The van der Waals surface area contributed by atoms with Crippen LogP contribution in [0.1, 0.15) is 16.3 Å². The Bertz CT molecular complexity index is 1250. The molecule has 4 heterocycles. The summed E-state index contributed by atoms with van der Waals surface area (Å²) in [5, 5.41) is 14.5. The van der Waals surface area contributed by atoms with Crippen molar-refractivity contribution in [2.24, 2.45) is 0 Å². The summed E-state index contributed by atoms with van der Waals surface area (Å²) in [5.41, 5.74) is 4.02. The molecular weight excluding hydrogens is 370 g/mol. The quantitative estimate of drug-likeness (QED) is 0.461. The summed E-state index contributed by atoms with van der Waals surface area (Å²) in [6.45, 7) is 3.62. The van der Waals surface area contributed by atoms with Crippen LogP contribution in [0.15, 0.2) is 54.7 Å². The summed E-state index contributed by atoms with van der Waals surface area (Å²) in [6, 6.07) is 16.4. The van der Waals surface area contributed by atoms with Crippen molar-refractivity contribution in [3.63, 3.8) is 0 Å². The molecule has 0 aliphatic carbocycles. The van der Waals surface area contributed by atoms with Crippen LogP contribution in [-0.4, -0.2) is 41.1 Å². The molecule has 1 aromatic carbocycles. The van der Waals surface area contributed by atoms with Gasteiger partial charge in [0.05, 0.1) is 12.2 Å². The van der Waals surface area contributed by atoms with Gasteiger partial charge >= 0.3 is 0 Å². The van der Waals surface area contributed by atoms with Gasteiger partial charge in [-0.15, -0.1) is 10.2 Å². The van der Waals surface area contributed by atoms with Gasteiger partial charge in [-0.1, -0.05) is 47.7 Å². The summed E-state index contributed by atoms with van der Waals surface area (Å²) in [7, 11) is 2.10. The first-order chi connectivity index (χ1) is 13.7. The molecule has 5 rings (SSSR count). The number of imidazole rings is 1. The summed E-state index contributed by atoms with van der Waals surface area (Å²) < 4.78 is 3.87. The number of rotatable bonds is 5. The van der Waals surface area contributed by atoms with Crippen molar-refractivity contribution in [1.82, 2.24) is 34.1 Å². The zero-order valence-corrected chi connectivity index (χ0v) is 16.5. The molecule has 28 heavy (non-hydrogen) atoms. The Labute approximate surface area is 165 Å². The van der Waals surface area contributed by atoms with Gasteiger partial charge in [0.25, 0.3) is 0 Å². The summed E-state index contributed by atoms with van der Waals surface area (Å²) in [6.07, 6.45) is 1.99. The van der Waals surface area contributed by atoms with Crippen molar-refractivity contribution < 1.29 is 0 Å². The average molecular weight is 389 g/mol. The molecule has 0 N–H and O–H groups in total. The van der Waals surface area contributed by atoms with Gasteiger partial charge in [0.1, 0.15) is 16.3 Å². The first-order valence-electron chi connectivity index (χ1n) is 9.07. The van der Waals surface area contributed by atoms with E-state index in [2.05, 4.69) is 51.4 Å². The van der Waals surface area contributed by atoms with E-state index in [0.717, 1.165) is 45.9 Å². The van der Waals surface area contributed by atoms with Crippen molar-refractivity contribution in [3.05, 3.63) is 71.0 Å². The van der Waals surface area contributed by atoms with Gasteiger partial charge in [0.2, 0.25) is 10.8 Å². The van der Waals surface area contributed by atoms with E-state index >= 15 is 0 Å². The van der Waals surface area contributed by atoms with E-state index in [4.69, 9.17) is 5.10 Å². The second-order valence-electron chi connectivity index (χ2n) is 6.85. The smallest absolute Gasteiger partial charge is 0.235 e. The van der Waals surface area contributed by atoms with E-state index in [0.29, 0.717) is 0 Å². The zero-order valence-electron chi connectivity index (χ0n) is 15.6. The van der Waals surface area contributed by atoms with Crippen LogP contribution in [0, 0.1) is 6.92 Å². The van der Waals surface area contributed by atoms with Crippen LogP contribution >= 0.6 is 11.3 Å². The minimum atomic E-state index is 0.722. The highest BCUT2D eigenvalue weighted by molar-refractivity contribution is 7.16. The van der Waals surface area contributed by atoms with Crippen molar-refractivity contribution in [1.29, 1.82) is 0 Å². The second kappa shape index (κ2) is 6.81. The zero-order chi connectivity index (χ0) is 19.1. The van der Waals surface area contributed by atoms with E-state index in [1.54, 1.807) is 11.3 Å². The highest BCUT2D eigenvalue weighted by Crippen LogP contribution is 2.26. The van der Waals surface area contributed by atoms with E-state index in [1.807, 2.05) is 46.3 Å². The summed E-state index contributed by atoms with van der Waals surface area (Å²) in [4.78, 5) is 7.67. The molecule has 0 aliphatic rings. The standard InChI is InChI=1S/C20H19N7S/c1-14-18(26-11-7-6-10-16(26)21-14)19-22-23-20-27(19)24-17(28-20)13-25(2)12-15-8-4-3-5-9-15/h3-11H,12-13H2,1-2H3. The Balaban J connectivity index is 1.46. The third-order valence-electron chi connectivity index (χ3n) is 4.65. The lowest BCUT2D eigenvalue weighted by Crippen LogP contribution is -2.17. The largest absolute Gasteiger partial charge is 0.297 e. The molecule has 0 unspecified atom stereocenters. The lowest BCUT2D eigenvalue weighted by Gasteiger charge is -2.14. The Morgan fingerprint density at radius 3 is 2.68 bits per heavy atom. The maximum Gasteiger partial charge on any atom is 0.235 e. The SMILES string of the molecule is Cc1nc2ccccn2c1-c1nnc2sc(CN(C)Cc3ccccc3)nn12. The fourth-order valence-corrected chi connectivity index (χ4v) is 4.35. The van der Waals surface area contributed by atoms with Gasteiger partial charge in [-0.05, 0) is 31.7 Å². The Hall–Kier alpha value is -3.10. The number of pyridine rings is 1. The maximum absolute atomic E-state index is 4.79. The Kier molecular flexibility index (Phi) is 4.14. The molecule has 140 valence electrons. The van der Waals surface area contributed by atoms with Crippen LogP contribution in [-0.2, 0) is 13.1 Å². The molecule has 0 fully saturated rings. The number of aromatic nitrogens is 6. The topological polar surface area (TPSA) is 63.6 Å². The number of benzene rings is 1. The van der Waals surface area contributed by atoms with E-state index in [-0.39, 0.29) is 0 Å². The van der Waals surface area contributed by atoms with Crippen molar-refractivity contribution in [3.8, 4) is 11.5 Å². The minimum Gasteiger partial charge on any atom is -0.297 e. The lowest BCUT2D eigenvalue weighted by atomic mass is 10.2. The highest BCUT2D eigenvalue weighted by atomic mass is 32.1. The van der Waals surface area contributed by atoms with Gasteiger partial charge < -0.3 is 0 Å². The van der Waals surface area contributed by atoms with E-state index in [1.165, 1.54) is 5.56 Å². The predicted octanol–water partition coefficient (Wildman–Crippen LogP) is 3.44. The normalized spacial score (nSPS) is 11.8. The van der Waals surface area contributed by atoms with Gasteiger partial charge in [-0.3, -0.25) is 9.30 Å². The van der Waals surface area contributed by atoms with Crippen LogP contribution in [0.3, 0.4) is 0 Å². The molecule has 0 radical (unpaired) electrons.